The Bertz CT molecular complexity index is 325. The molecule has 1 saturated heterocycles. The van der Waals surface area contributed by atoms with E-state index in [4.69, 9.17) is 0 Å². The van der Waals surface area contributed by atoms with Crippen LogP contribution in [0, 0.1) is 5.92 Å². The van der Waals surface area contributed by atoms with E-state index in [1.807, 2.05) is 0 Å². The maximum absolute atomic E-state index is 12.8. The number of halogens is 1. The summed E-state index contributed by atoms with van der Waals surface area (Å²) < 4.78 is 12.8. The Morgan fingerprint density at radius 1 is 1.38 bits per heavy atom. The molecule has 1 heterocycles. The summed E-state index contributed by atoms with van der Waals surface area (Å²) in [6.07, 6.45) is 5.77. The second-order valence-corrected chi connectivity index (χ2v) is 3.92. The molecule has 88 valence electrons. The van der Waals surface area contributed by atoms with Crippen molar-refractivity contribution in [1.82, 2.24) is 5.32 Å². The number of ketones is 1. The van der Waals surface area contributed by atoms with E-state index < -0.39 is 0 Å². The minimum Gasteiger partial charge on any atom is -0.317 e. The normalized spacial score (nSPS) is 19.0. The number of hydrogen-bond donors (Lipinski definition) is 1. The van der Waals surface area contributed by atoms with Gasteiger partial charge in [0.05, 0.1) is 0 Å². The lowest BCUT2D eigenvalue weighted by atomic mass is 9.90. The summed E-state index contributed by atoms with van der Waals surface area (Å²) in [5.41, 5.74) is 0.393. The van der Waals surface area contributed by atoms with Crippen LogP contribution < -0.4 is 5.32 Å². The number of nitrogens with one attached hydrogen (secondary N) is 1. The third-order valence-electron chi connectivity index (χ3n) is 2.75. The Kier molecular flexibility index (Phi) is 5.12. The van der Waals surface area contributed by atoms with Crippen LogP contribution in [0.3, 0.4) is 0 Å². The Morgan fingerprint density at radius 3 is 2.56 bits per heavy atom. The fourth-order valence-electron chi connectivity index (χ4n) is 1.70. The van der Waals surface area contributed by atoms with Crippen molar-refractivity contribution in [2.45, 2.75) is 19.8 Å². The first kappa shape index (κ1) is 12.8. The van der Waals surface area contributed by atoms with E-state index in [1.165, 1.54) is 18.2 Å². The average Bonchev–Trinajstić information content (AvgIpc) is 2.35. The van der Waals surface area contributed by atoms with Gasteiger partial charge in [0.2, 0.25) is 0 Å². The third kappa shape index (κ3) is 3.74. The van der Waals surface area contributed by atoms with Gasteiger partial charge in [-0.3, -0.25) is 4.79 Å². The molecule has 0 atom stereocenters. The molecule has 2 nitrogen and oxygen atoms in total. The smallest absolute Gasteiger partial charge is 0.165 e. The molecule has 1 aliphatic rings. The molecule has 0 aromatic heterocycles. The zero-order chi connectivity index (χ0) is 12.0. The van der Waals surface area contributed by atoms with Gasteiger partial charge in [0.15, 0.2) is 5.78 Å². The van der Waals surface area contributed by atoms with Gasteiger partial charge in [-0.2, -0.15) is 0 Å². The quantitative estimate of drug-likeness (QED) is 0.586. The Morgan fingerprint density at radius 2 is 2.00 bits per heavy atom. The van der Waals surface area contributed by atoms with Gasteiger partial charge in [-0.15, -0.1) is 0 Å². The van der Waals surface area contributed by atoms with Gasteiger partial charge in [-0.05, 0) is 45.0 Å². The molecule has 0 saturated carbocycles. The van der Waals surface area contributed by atoms with Crippen molar-refractivity contribution in [2.75, 3.05) is 13.1 Å². The lowest BCUT2D eigenvalue weighted by molar-refractivity contribution is -0.119. The van der Waals surface area contributed by atoms with Crippen molar-refractivity contribution in [3.05, 3.63) is 36.2 Å². The van der Waals surface area contributed by atoms with E-state index in [2.05, 4.69) is 11.9 Å². The van der Waals surface area contributed by atoms with E-state index in [0.717, 1.165) is 25.9 Å². The average molecular weight is 223 g/mol. The van der Waals surface area contributed by atoms with Crippen LogP contribution in [0.2, 0.25) is 0 Å². The van der Waals surface area contributed by atoms with Crippen molar-refractivity contribution < 1.29 is 9.18 Å². The van der Waals surface area contributed by atoms with E-state index >= 15 is 0 Å². The van der Waals surface area contributed by atoms with Crippen LogP contribution in [-0.2, 0) is 4.79 Å². The van der Waals surface area contributed by atoms with Crippen LogP contribution in [0.5, 0.6) is 0 Å². The maximum Gasteiger partial charge on any atom is 0.165 e. The lowest BCUT2D eigenvalue weighted by Crippen LogP contribution is -2.32. The van der Waals surface area contributed by atoms with Gasteiger partial charge in [0, 0.05) is 11.5 Å². The minimum atomic E-state index is -0.348. The zero-order valence-electron chi connectivity index (χ0n) is 9.63. The summed E-state index contributed by atoms with van der Waals surface area (Å²) >= 11 is 0. The maximum atomic E-state index is 12.8. The molecule has 0 aromatic carbocycles. The summed E-state index contributed by atoms with van der Waals surface area (Å²) in [6, 6.07) is 0. The first-order valence-corrected chi connectivity index (χ1v) is 5.59. The molecular formula is C13H18FNO. The van der Waals surface area contributed by atoms with Crippen LogP contribution in [0.25, 0.3) is 0 Å². The highest BCUT2D eigenvalue weighted by Crippen LogP contribution is 2.17. The summed E-state index contributed by atoms with van der Waals surface area (Å²) in [4.78, 5) is 11.9. The lowest BCUT2D eigenvalue weighted by Gasteiger charge is -2.21. The summed E-state index contributed by atoms with van der Waals surface area (Å²) in [5, 5.41) is 3.20. The summed E-state index contributed by atoms with van der Waals surface area (Å²) in [6.45, 7) is 7.04. The van der Waals surface area contributed by atoms with E-state index in [0.29, 0.717) is 5.57 Å². The second-order valence-electron chi connectivity index (χ2n) is 3.92. The predicted octanol–water partition coefficient (Wildman–Crippen LogP) is 2.54. The minimum absolute atomic E-state index is 0.0432. The first-order chi connectivity index (χ1) is 7.65. The molecule has 0 bridgehead atoms. The highest BCUT2D eigenvalue weighted by atomic mass is 19.1. The van der Waals surface area contributed by atoms with Gasteiger partial charge in [0.25, 0.3) is 0 Å². The highest BCUT2D eigenvalue weighted by molar-refractivity contribution is 5.99. The second kappa shape index (κ2) is 6.38. The van der Waals surface area contributed by atoms with Gasteiger partial charge in [0.1, 0.15) is 5.83 Å². The Balaban J connectivity index is 2.53. The molecule has 0 aromatic rings. The number of Topliss-reactive ketones (excluding diaryl/α,β-unsaturated/α-hetero) is 1. The molecule has 0 unspecified atom stereocenters. The number of allylic oxidation sites excluding steroid dienone is 5. The van der Waals surface area contributed by atoms with Crippen LogP contribution in [0.1, 0.15) is 19.8 Å². The molecule has 1 fully saturated rings. The topological polar surface area (TPSA) is 29.1 Å². The SMILES string of the molecule is C=C(/C=C\C(F)=C/C)C(=O)C1CCNCC1. The first-order valence-electron chi connectivity index (χ1n) is 5.59. The highest BCUT2D eigenvalue weighted by Gasteiger charge is 2.21. The molecule has 0 aliphatic carbocycles. The van der Waals surface area contributed by atoms with Gasteiger partial charge < -0.3 is 5.32 Å². The zero-order valence-corrected chi connectivity index (χ0v) is 9.63. The number of carbonyl (C=O) groups is 1. The number of piperidine rings is 1. The van der Waals surface area contributed by atoms with E-state index in [-0.39, 0.29) is 17.5 Å². The summed E-state index contributed by atoms with van der Waals surface area (Å²) in [5.74, 6) is -0.256. The molecule has 3 heteroatoms. The van der Waals surface area contributed by atoms with E-state index in [1.54, 1.807) is 6.92 Å². The molecule has 16 heavy (non-hydrogen) atoms. The monoisotopic (exact) mass is 223 g/mol. The van der Waals surface area contributed by atoms with Crippen LogP contribution >= 0.6 is 0 Å². The molecule has 0 radical (unpaired) electrons. The fraction of sp³-hybridized carbons (Fsp3) is 0.462. The van der Waals surface area contributed by atoms with Gasteiger partial charge in [-0.25, -0.2) is 4.39 Å². The van der Waals surface area contributed by atoms with Crippen LogP contribution in [-0.4, -0.2) is 18.9 Å². The molecule has 1 aliphatic heterocycles. The third-order valence-corrected chi connectivity index (χ3v) is 2.75. The van der Waals surface area contributed by atoms with E-state index in [9.17, 15) is 9.18 Å². The molecule has 1 N–H and O–H groups in total. The summed E-state index contributed by atoms with van der Waals surface area (Å²) in [7, 11) is 0. The van der Waals surface area contributed by atoms with Gasteiger partial charge in [-0.1, -0.05) is 12.7 Å². The van der Waals surface area contributed by atoms with Crippen molar-refractivity contribution >= 4 is 5.78 Å². The van der Waals surface area contributed by atoms with Crippen molar-refractivity contribution in [2.24, 2.45) is 5.92 Å². The Labute approximate surface area is 95.9 Å². The molecular weight excluding hydrogens is 205 g/mol. The standard InChI is InChI=1S/C13H18FNO/c1-3-12(14)5-4-10(2)13(16)11-6-8-15-9-7-11/h3-5,11,15H,2,6-9H2,1H3/b5-4-,12-3+. The molecule has 0 amide bonds. The molecule has 0 spiro atoms. The Hall–Kier alpha value is -1.22. The molecule has 1 rings (SSSR count). The predicted molar refractivity (Wildman–Crippen MR) is 63.7 cm³/mol. The van der Waals surface area contributed by atoms with Gasteiger partial charge >= 0.3 is 0 Å². The van der Waals surface area contributed by atoms with Crippen LogP contribution in [0.15, 0.2) is 36.2 Å². The number of hydrogen-bond acceptors (Lipinski definition) is 2. The van der Waals surface area contributed by atoms with Crippen molar-refractivity contribution in [3.63, 3.8) is 0 Å². The number of rotatable bonds is 4. The van der Waals surface area contributed by atoms with Crippen molar-refractivity contribution in [3.8, 4) is 0 Å². The largest absolute Gasteiger partial charge is 0.317 e. The number of carbonyl (C=O) groups excluding carboxylic acids is 1. The van der Waals surface area contributed by atoms with Crippen molar-refractivity contribution in [1.29, 1.82) is 0 Å². The fourth-order valence-corrected chi connectivity index (χ4v) is 1.70. The van der Waals surface area contributed by atoms with Crippen LogP contribution in [0.4, 0.5) is 4.39 Å².